The fourth-order valence-corrected chi connectivity index (χ4v) is 4.64. The van der Waals surface area contributed by atoms with E-state index >= 15 is 0 Å². The van der Waals surface area contributed by atoms with E-state index in [2.05, 4.69) is 48.1 Å². The number of aromatic nitrogens is 6. The summed E-state index contributed by atoms with van der Waals surface area (Å²) in [7, 11) is 0. The van der Waals surface area contributed by atoms with E-state index < -0.39 is 0 Å². The molecule has 1 saturated carbocycles. The van der Waals surface area contributed by atoms with Gasteiger partial charge in [0.05, 0.1) is 18.4 Å². The number of tetrazole rings is 1. The fourth-order valence-electron chi connectivity index (χ4n) is 4.64. The summed E-state index contributed by atoms with van der Waals surface area (Å²) < 4.78 is 4.26. The van der Waals surface area contributed by atoms with Crippen LogP contribution in [0.15, 0.2) is 30.4 Å². The SMILES string of the molecule is CC1=CCCC[C@@H]1[C@H](NCCCn1ccnc1)c1nnnn1C1CCCC1. The Morgan fingerprint density at radius 3 is 2.89 bits per heavy atom. The van der Waals surface area contributed by atoms with Crippen molar-refractivity contribution in [3.8, 4) is 0 Å². The average Bonchev–Trinajstić information content (AvgIpc) is 3.44. The van der Waals surface area contributed by atoms with Crippen LogP contribution in [-0.4, -0.2) is 36.3 Å². The lowest BCUT2D eigenvalue weighted by Crippen LogP contribution is -2.34. The van der Waals surface area contributed by atoms with Crippen LogP contribution in [0.2, 0.25) is 0 Å². The van der Waals surface area contributed by atoms with E-state index in [0.717, 1.165) is 25.3 Å². The summed E-state index contributed by atoms with van der Waals surface area (Å²) in [6.45, 7) is 4.20. The standard InChI is InChI=1S/C20H31N7/c1-16-7-2-5-10-18(16)19(22-11-6-13-26-14-12-21-15-26)20-23-24-25-27(20)17-8-3-4-9-17/h7,12,14-15,17-19,22H,2-6,8-11,13H2,1H3/t18-,19-/m0/s1. The molecule has 0 radical (unpaired) electrons. The fraction of sp³-hybridized carbons (Fsp3) is 0.700. The molecule has 0 aromatic carbocycles. The van der Waals surface area contributed by atoms with Crippen LogP contribution in [0.5, 0.6) is 0 Å². The number of rotatable bonds is 8. The van der Waals surface area contributed by atoms with E-state index in [-0.39, 0.29) is 6.04 Å². The normalized spacial score (nSPS) is 22.1. The summed E-state index contributed by atoms with van der Waals surface area (Å²) in [6, 6.07) is 0.665. The Morgan fingerprint density at radius 1 is 1.22 bits per heavy atom. The lowest BCUT2D eigenvalue weighted by Gasteiger charge is -2.31. The number of nitrogens with one attached hydrogen (secondary N) is 1. The Balaban J connectivity index is 1.48. The van der Waals surface area contributed by atoms with Crippen LogP contribution in [-0.2, 0) is 6.54 Å². The van der Waals surface area contributed by atoms with Crippen LogP contribution >= 0.6 is 0 Å². The third-order valence-electron chi connectivity index (χ3n) is 6.16. The number of nitrogens with zero attached hydrogens (tertiary/aromatic N) is 6. The maximum absolute atomic E-state index is 4.50. The van der Waals surface area contributed by atoms with Gasteiger partial charge in [0, 0.05) is 24.9 Å². The van der Waals surface area contributed by atoms with E-state index in [1.54, 1.807) is 0 Å². The van der Waals surface area contributed by atoms with Crippen LogP contribution in [0.1, 0.15) is 76.2 Å². The number of aryl methyl sites for hydroxylation is 1. The molecule has 2 aromatic rings. The molecule has 0 amide bonds. The first-order valence-corrected chi connectivity index (χ1v) is 10.5. The zero-order chi connectivity index (χ0) is 18.5. The second-order valence-electron chi connectivity index (χ2n) is 7.99. The molecule has 7 nitrogen and oxygen atoms in total. The Morgan fingerprint density at radius 2 is 2.11 bits per heavy atom. The highest BCUT2D eigenvalue weighted by atomic mass is 15.6. The van der Waals surface area contributed by atoms with Crippen molar-refractivity contribution in [3.63, 3.8) is 0 Å². The first-order chi connectivity index (χ1) is 13.3. The van der Waals surface area contributed by atoms with E-state index in [4.69, 9.17) is 0 Å². The molecule has 2 atom stereocenters. The van der Waals surface area contributed by atoms with Crippen molar-refractivity contribution in [1.82, 2.24) is 35.1 Å². The van der Waals surface area contributed by atoms with Gasteiger partial charge >= 0.3 is 0 Å². The average molecular weight is 370 g/mol. The van der Waals surface area contributed by atoms with Crippen LogP contribution in [0.4, 0.5) is 0 Å². The zero-order valence-corrected chi connectivity index (χ0v) is 16.3. The maximum Gasteiger partial charge on any atom is 0.169 e. The van der Waals surface area contributed by atoms with Gasteiger partial charge in [-0.1, -0.05) is 24.5 Å². The highest BCUT2D eigenvalue weighted by Crippen LogP contribution is 2.37. The van der Waals surface area contributed by atoms with Crippen molar-refractivity contribution in [2.24, 2.45) is 5.92 Å². The number of imidazole rings is 1. The third-order valence-corrected chi connectivity index (χ3v) is 6.16. The molecule has 0 bridgehead atoms. The summed E-state index contributed by atoms with van der Waals surface area (Å²) in [5.74, 6) is 1.52. The first kappa shape index (κ1) is 18.3. The minimum absolute atomic E-state index is 0.194. The van der Waals surface area contributed by atoms with Crippen LogP contribution in [0, 0.1) is 5.92 Å². The van der Waals surface area contributed by atoms with E-state index in [1.165, 1.54) is 50.5 Å². The predicted octanol–water partition coefficient (Wildman–Crippen LogP) is 3.45. The van der Waals surface area contributed by atoms with Gasteiger partial charge in [0.2, 0.25) is 0 Å². The number of hydrogen-bond donors (Lipinski definition) is 1. The summed E-state index contributed by atoms with van der Waals surface area (Å²) in [5, 5.41) is 16.8. The highest BCUT2D eigenvalue weighted by Gasteiger charge is 2.32. The summed E-state index contributed by atoms with van der Waals surface area (Å²) in [6.07, 6.45) is 17.8. The van der Waals surface area contributed by atoms with Gasteiger partial charge in [0.1, 0.15) is 0 Å². The van der Waals surface area contributed by atoms with Gasteiger partial charge in [-0.15, -0.1) is 5.10 Å². The van der Waals surface area contributed by atoms with Crippen LogP contribution < -0.4 is 5.32 Å². The van der Waals surface area contributed by atoms with E-state index in [1.807, 2.05) is 18.7 Å². The Bertz CT molecular complexity index is 727. The summed E-state index contributed by atoms with van der Waals surface area (Å²) in [4.78, 5) is 4.12. The summed E-state index contributed by atoms with van der Waals surface area (Å²) >= 11 is 0. The van der Waals surface area contributed by atoms with Crippen LogP contribution in [0.3, 0.4) is 0 Å². The third kappa shape index (κ3) is 4.29. The van der Waals surface area contributed by atoms with Crippen molar-refractivity contribution in [2.45, 2.75) is 76.9 Å². The maximum atomic E-state index is 4.50. The largest absolute Gasteiger partial charge is 0.337 e. The summed E-state index contributed by atoms with van der Waals surface area (Å²) in [5.41, 5.74) is 1.48. The number of allylic oxidation sites excluding steroid dienone is 1. The molecule has 0 spiro atoms. The Hall–Kier alpha value is -2.02. The van der Waals surface area contributed by atoms with Crippen LogP contribution in [0.25, 0.3) is 0 Å². The molecule has 0 saturated heterocycles. The topological polar surface area (TPSA) is 73.5 Å². The zero-order valence-electron chi connectivity index (χ0n) is 16.3. The minimum atomic E-state index is 0.194. The van der Waals surface area contributed by atoms with E-state index in [0.29, 0.717) is 12.0 Å². The second kappa shape index (κ2) is 8.78. The van der Waals surface area contributed by atoms with Crippen molar-refractivity contribution in [3.05, 3.63) is 36.2 Å². The van der Waals surface area contributed by atoms with Gasteiger partial charge in [-0.3, -0.25) is 0 Å². The monoisotopic (exact) mass is 369 g/mol. The molecular formula is C20H31N7. The van der Waals surface area contributed by atoms with Gasteiger partial charge in [-0.2, -0.15) is 0 Å². The molecule has 1 N–H and O–H groups in total. The van der Waals surface area contributed by atoms with Gasteiger partial charge in [-0.25, -0.2) is 9.67 Å². The molecule has 2 aliphatic rings. The quantitative estimate of drug-likeness (QED) is 0.570. The first-order valence-electron chi connectivity index (χ1n) is 10.5. The van der Waals surface area contributed by atoms with Crippen molar-refractivity contribution >= 4 is 0 Å². The molecule has 2 heterocycles. The van der Waals surface area contributed by atoms with Crippen molar-refractivity contribution in [2.75, 3.05) is 6.54 Å². The van der Waals surface area contributed by atoms with Crippen molar-refractivity contribution < 1.29 is 0 Å². The molecule has 27 heavy (non-hydrogen) atoms. The molecule has 1 fully saturated rings. The second-order valence-corrected chi connectivity index (χ2v) is 7.99. The molecular weight excluding hydrogens is 338 g/mol. The van der Waals surface area contributed by atoms with Crippen molar-refractivity contribution in [1.29, 1.82) is 0 Å². The molecule has 4 rings (SSSR count). The minimum Gasteiger partial charge on any atom is -0.337 e. The van der Waals surface area contributed by atoms with Gasteiger partial charge < -0.3 is 9.88 Å². The molecule has 2 aliphatic carbocycles. The van der Waals surface area contributed by atoms with Gasteiger partial charge in [-0.05, 0) is 62.4 Å². The molecule has 2 aromatic heterocycles. The Labute approximate surface area is 161 Å². The van der Waals surface area contributed by atoms with Gasteiger partial charge in [0.15, 0.2) is 5.82 Å². The molecule has 0 aliphatic heterocycles. The van der Waals surface area contributed by atoms with E-state index in [9.17, 15) is 0 Å². The molecule has 7 heteroatoms. The molecule has 146 valence electrons. The predicted molar refractivity (Wildman–Crippen MR) is 104 cm³/mol. The Kier molecular flexibility index (Phi) is 5.97. The lowest BCUT2D eigenvalue weighted by molar-refractivity contribution is 0.320. The van der Waals surface area contributed by atoms with Gasteiger partial charge in [0.25, 0.3) is 0 Å². The molecule has 0 unspecified atom stereocenters. The highest BCUT2D eigenvalue weighted by molar-refractivity contribution is 5.14. The number of hydrogen-bond acceptors (Lipinski definition) is 5. The smallest absolute Gasteiger partial charge is 0.169 e. The lowest BCUT2D eigenvalue weighted by atomic mass is 9.82.